The molecule has 0 saturated carbocycles. The van der Waals surface area contributed by atoms with Crippen LogP contribution in [0.4, 0.5) is 0 Å². The zero-order valence-electron chi connectivity index (χ0n) is 5.84. The third-order valence-corrected chi connectivity index (χ3v) is 4.37. The molecule has 62 valence electrons. The Balaban J connectivity index is 2.89. The zero-order valence-corrected chi connectivity index (χ0v) is 11.0. The second-order valence-corrected chi connectivity index (χ2v) is 6.47. The van der Waals surface area contributed by atoms with Crippen LogP contribution < -0.4 is 0 Å². The number of phenolic OH excluding ortho intramolecular Hbond substituents is 1. The maximum atomic E-state index is 9.67. The Labute approximate surface area is 101 Å². The number of halogens is 2. The van der Waals surface area contributed by atoms with E-state index in [0.717, 1.165) is 13.7 Å². The van der Waals surface area contributed by atoms with Gasteiger partial charge < -0.3 is 5.11 Å². The molecule has 0 amide bonds. The molecule has 0 bridgehead atoms. The molecule has 1 nitrogen and oxygen atoms in total. The average Bonchev–Trinajstić information content (AvgIpc) is 2.39. The van der Waals surface area contributed by atoms with Crippen LogP contribution >= 0.6 is 56.5 Å². The summed E-state index contributed by atoms with van der Waals surface area (Å²) in [5.74, 6) is 0.418. The predicted molar refractivity (Wildman–Crippen MR) is 68.9 cm³/mol. The summed E-state index contributed by atoms with van der Waals surface area (Å²) in [4.78, 5) is 0. The molecule has 12 heavy (non-hydrogen) atoms. The molecule has 0 fully saturated rings. The van der Waals surface area contributed by atoms with Gasteiger partial charge in [-0.1, -0.05) is 6.07 Å². The lowest BCUT2D eigenvalue weighted by molar-refractivity contribution is 0.479. The lowest BCUT2D eigenvalue weighted by atomic mass is 10.2. The van der Waals surface area contributed by atoms with E-state index in [1.165, 1.54) is 2.88 Å². The van der Waals surface area contributed by atoms with Gasteiger partial charge in [-0.3, -0.25) is 0 Å². The Bertz CT molecular complexity index is 436. The van der Waals surface area contributed by atoms with Crippen LogP contribution in [0.15, 0.2) is 18.2 Å². The summed E-state index contributed by atoms with van der Waals surface area (Å²) in [6.07, 6.45) is 0. The number of hydrogen-bond donors (Lipinski definition) is 1. The molecule has 0 atom stereocenters. The second kappa shape index (κ2) is 3.30. The summed E-state index contributed by atoms with van der Waals surface area (Å²) >= 11 is 6.03. The fourth-order valence-electron chi connectivity index (χ4n) is 1.03. The van der Waals surface area contributed by atoms with E-state index in [4.69, 9.17) is 0 Å². The van der Waals surface area contributed by atoms with Crippen LogP contribution in [0.1, 0.15) is 0 Å². The maximum Gasteiger partial charge on any atom is 0.146 e. The first-order valence-corrected chi connectivity index (χ1v) is 6.22. The Morgan fingerprint density at radius 3 is 2.75 bits per heavy atom. The molecule has 0 aliphatic carbocycles. The van der Waals surface area contributed by atoms with E-state index in [1.807, 2.05) is 12.1 Å². The van der Waals surface area contributed by atoms with Crippen molar-refractivity contribution < 1.29 is 5.11 Å². The molecule has 1 aromatic carbocycles. The normalized spacial score (nSPS) is 10.8. The molecule has 1 heterocycles. The van der Waals surface area contributed by atoms with Crippen LogP contribution in [-0.4, -0.2) is 5.11 Å². The summed E-state index contributed by atoms with van der Waals surface area (Å²) in [7, 11) is 0. The van der Waals surface area contributed by atoms with Crippen LogP contribution in [-0.2, 0) is 0 Å². The number of aromatic hydroxyl groups is 1. The highest BCUT2D eigenvalue weighted by molar-refractivity contribution is 14.1. The van der Waals surface area contributed by atoms with Crippen molar-refractivity contribution in [2.24, 2.45) is 0 Å². The summed E-state index contributed by atoms with van der Waals surface area (Å²) in [6, 6.07) is 6.05. The van der Waals surface area contributed by atoms with Gasteiger partial charge in [0, 0.05) is 0 Å². The maximum absolute atomic E-state index is 9.67. The van der Waals surface area contributed by atoms with Crippen LogP contribution in [0.3, 0.4) is 0 Å². The molecule has 0 aliphatic rings. The number of thiophene rings is 1. The van der Waals surface area contributed by atoms with Crippen LogP contribution in [0.2, 0.25) is 0 Å². The second-order valence-electron chi connectivity index (χ2n) is 2.36. The van der Waals surface area contributed by atoms with Gasteiger partial charge in [-0.2, -0.15) is 0 Å². The van der Waals surface area contributed by atoms with Gasteiger partial charge in [0.2, 0.25) is 0 Å². The van der Waals surface area contributed by atoms with Crippen molar-refractivity contribution in [3.8, 4) is 5.75 Å². The molecular formula is C8H4I2OS. The minimum Gasteiger partial charge on any atom is -0.505 e. The third kappa shape index (κ3) is 1.44. The minimum absolute atomic E-state index is 0.418. The minimum atomic E-state index is 0.418. The van der Waals surface area contributed by atoms with Gasteiger partial charge in [-0.05, 0) is 62.7 Å². The first-order valence-electron chi connectivity index (χ1n) is 3.25. The van der Waals surface area contributed by atoms with Crippen LogP contribution in [0.25, 0.3) is 10.1 Å². The van der Waals surface area contributed by atoms with Crippen LogP contribution in [0.5, 0.6) is 5.75 Å². The lowest BCUT2D eigenvalue weighted by Crippen LogP contribution is -1.71. The fraction of sp³-hybridized carbons (Fsp3) is 0. The largest absolute Gasteiger partial charge is 0.505 e. The molecule has 1 aromatic heterocycles. The van der Waals surface area contributed by atoms with Crippen molar-refractivity contribution in [2.45, 2.75) is 0 Å². The monoisotopic (exact) mass is 402 g/mol. The van der Waals surface area contributed by atoms with Crippen molar-refractivity contribution in [1.82, 2.24) is 0 Å². The van der Waals surface area contributed by atoms with Gasteiger partial charge in [0.05, 0.1) is 11.2 Å². The molecule has 0 spiro atoms. The predicted octanol–water partition coefficient (Wildman–Crippen LogP) is 3.82. The van der Waals surface area contributed by atoms with E-state index in [-0.39, 0.29) is 0 Å². The van der Waals surface area contributed by atoms with Crippen molar-refractivity contribution in [3.63, 3.8) is 0 Å². The standard InChI is InChI=1S/C8H4I2OS/c9-5-2-1-4-3-6(10)12-8(4)7(5)11/h1-3,11H. The van der Waals surface area contributed by atoms with E-state index < -0.39 is 0 Å². The molecular weight excluding hydrogens is 398 g/mol. The Kier molecular flexibility index (Phi) is 2.48. The first kappa shape index (κ1) is 9.01. The highest BCUT2D eigenvalue weighted by Gasteiger charge is 2.06. The van der Waals surface area contributed by atoms with E-state index in [1.54, 1.807) is 11.3 Å². The quantitative estimate of drug-likeness (QED) is 0.665. The topological polar surface area (TPSA) is 20.2 Å². The van der Waals surface area contributed by atoms with Crippen molar-refractivity contribution in [3.05, 3.63) is 24.7 Å². The zero-order chi connectivity index (χ0) is 8.72. The van der Waals surface area contributed by atoms with Gasteiger partial charge in [0.25, 0.3) is 0 Å². The SMILES string of the molecule is Oc1c(I)ccc2cc(I)sc12. The van der Waals surface area contributed by atoms with Gasteiger partial charge in [-0.25, -0.2) is 0 Å². The Morgan fingerprint density at radius 1 is 1.25 bits per heavy atom. The Morgan fingerprint density at radius 2 is 2.00 bits per heavy atom. The number of rotatable bonds is 0. The van der Waals surface area contributed by atoms with E-state index in [2.05, 4.69) is 51.2 Å². The molecule has 0 radical (unpaired) electrons. The summed E-state index contributed by atoms with van der Waals surface area (Å²) < 4.78 is 3.12. The third-order valence-electron chi connectivity index (χ3n) is 1.58. The summed E-state index contributed by atoms with van der Waals surface area (Å²) in [5.41, 5.74) is 0. The lowest BCUT2D eigenvalue weighted by Gasteiger charge is -1.96. The highest BCUT2D eigenvalue weighted by atomic mass is 127. The van der Waals surface area contributed by atoms with E-state index in [0.29, 0.717) is 5.75 Å². The molecule has 4 heteroatoms. The van der Waals surface area contributed by atoms with Gasteiger partial charge >= 0.3 is 0 Å². The van der Waals surface area contributed by atoms with E-state index in [9.17, 15) is 5.11 Å². The van der Waals surface area contributed by atoms with Gasteiger partial charge in [-0.15, -0.1) is 11.3 Å². The smallest absolute Gasteiger partial charge is 0.146 e. The summed E-state index contributed by atoms with van der Waals surface area (Å²) in [5, 5.41) is 10.8. The Hall–Kier alpha value is 0.440. The van der Waals surface area contributed by atoms with Crippen LogP contribution in [0, 0.1) is 6.45 Å². The van der Waals surface area contributed by atoms with Crippen molar-refractivity contribution in [2.75, 3.05) is 0 Å². The first-order chi connectivity index (χ1) is 5.68. The molecule has 0 aliphatic heterocycles. The number of phenols is 1. The fourth-order valence-corrected chi connectivity index (χ4v) is 3.49. The number of fused-ring (bicyclic) bond motifs is 1. The molecule has 2 rings (SSSR count). The average molecular weight is 402 g/mol. The highest BCUT2D eigenvalue weighted by Crippen LogP contribution is 2.36. The van der Waals surface area contributed by atoms with E-state index >= 15 is 0 Å². The number of hydrogen-bond acceptors (Lipinski definition) is 2. The molecule has 1 N–H and O–H groups in total. The summed E-state index contributed by atoms with van der Waals surface area (Å²) in [6.45, 7) is 0. The van der Waals surface area contributed by atoms with Gasteiger partial charge in [0.1, 0.15) is 5.75 Å². The van der Waals surface area contributed by atoms with Crippen molar-refractivity contribution >= 4 is 66.6 Å². The van der Waals surface area contributed by atoms with Gasteiger partial charge in [0.15, 0.2) is 0 Å². The molecule has 2 aromatic rings. The molecule has 0 saturated heterocycles. The molecule has 0 unspecified atom stereocenters. The number of benzene rings is 1. The van der Waals surface area contributed by atoms with Crippen molar-refractivity contribution in [1.29, 1.82) is 0 Å².